The van der Waals surface area contributed by atoms with Gasteiger partial charge >= 0.3 is 0 Å². The summed E-state index contributed by atoms with van der Waals surface area (Å²) >= 11 is 0. The lowest BCUT2D eigenvalue weighted by molar-refractivity contribution is 0.626. The molecule has 0 saturated heterocycles. The number of hydrogen-bond acceptors (Lipinski definition) is 2. The van der Waals surface area contributed by atoms with Gasteiger partial charge < -0.3 is 5.32 Å². The van der Waals surface area contributed by atoms with Crippen LogP contribution in [0.1, 0.15) is 0 Å². The van der Waals surface area contributed by atoms with Crippen LogP contribution in [0.3, 0.4) is 0 Å². The molecule has 0 aliphatic rings. The van der Waals surface area contributed by atoms with Gasteiger partial charge in [0.15, 0.2) is 0 Å². The lowest BCUT2D eigenvalue weighted by Crippen LogP contribution is -1.91. The average molecular weight is 154 g/mol. The second-order valence-electron chi connectivity index (χ2n) is 1.61. The van der Waals surface area contributed by atoms with Crippen molar-refractivity contribution in [3.05, 3.63) is 37.3 Å². The van der Waals surface area contributed by atoms with Gasteiger partial charge in [-0.3, -0.25) is 0 Å². The number of pyridine rings is 1. The molecule has 1 aromatic heterocycles. The van der Waals surface area contributed by atoms with Gasteiger partial charge in [0.25, 0.3) is 0 Å². The molecule has 0 amide bonds. The summed E-state index contributed by atoms with van der Waals surface area (Å²) in [6.07, 6.45) is 1.42. The molecular formula is C8H11FN2. The van der Waals surface area contributed by atoms with Crippen LogP contribution in [0, 0.1) is 5.82 Å². The van der Waals surface area contributed by atoms with Crippen LogP contribution in [-0.2, 0) is 0 Å². The highest BCUT2D eigenvalue weighted by Gasteiger charge is 1.89. The summed E-state index contributed by atoms with van der Waals surface area (Å²) < 4.78 is 12.3. The molecule has 2 nitrogen and oxygen atoms in total. The Morgan fingerprint density at radius 3 is 2.55 bits per heavy atom. The van der Waals surface area contributed by atoms with Gasteiger partial charge in [-0.1, -0.05) is 0 Å². The van der Waals surface area contributed by atoms with Crippen molar-refractivity contribution >= 4 is 5.82 Å². The van der Waals surface area contributed by atoms with Crippen molar-refractivity contribution in [3.8, 4) is 0 Å². The standard InChI is InChI=1S/C6H7FN2.C2H4/c1-8-6-4-5(7)2-3-9-6;1-2/h2-4H,1H3,(H,8,9);1-2H2. The number of nitrogens with zero attached hydrogens (tertiary/aromatic N) is 1. The van der Waals surface area contributed by atoms with E-state index in [0.717, 1.165) is 0 Å². The lowest BCUT2D eigenvalue weighted by atomic mass is 10.4. The number of halogens is 1. The summed E-state index contributed by atoms with van der Waals surface area (Å²) in [4.78, 5) is 3.81. The van der Waals surface area contributed by atoms with E-state index < -0.39 is 0 Å². The minimum absolute atomic E-state index is 0.269. The van der Waals surface area contributed by atoms with Crippen LogP contribution in [0.4, 0.5) is 10.2 Å². The first-order valence-electron chi connectivity index (χ1n) is 3.12. The van der Waals surface area contributed by atoms with Crippen molar-refractivity contribution in [1.29, 1.82) is 0 Å². The van der Waals surface area contributed by atoms with E-state index in [9.17, 15) is 4.39 Å². The third-order valence-corrected chi connectivity index (χ3v) is 0.978. The zero-order chi connectivity index (χ0) is 8.69. The van der Waals surface area contributed by atoms with Crippen molar-refractivity contribution in [2.75, 3.05) is 12.4 Å². The van der Waals surface area contributed by atoms with E-state index in [2.05, 4.69) is 23.5 Å². The van der Waals surface area contributed by atoms with E-state index in [-0.39, 0.29) is 5.82 Å². The molecule has 1 rings (SSSR count). The summed E-state index contributed by atoms with van der Waals surface area (Å²) in [7, 11) is 1.70. The highest BCUT2D eigenvalue weighted by atomic mass is 19.1. The third-order valence-electron chi connectivity index (χ3n) is 0.978. The molecule has 1 heterocycles. The molecule has 0 aliphatic carbocycles. The number of nitrogens with one attached hydrogen (secondary N) is 1. The summed E-state index contributed by atoms with van der Waals surface area (Å²) in [5.74, 6) is 0.282. The molecule has 0 atom stereocenters. The predicted octanol–water partition coefficient (Wildman–Crippen LogP) is 2.06. The van der Waals surface area contributed by atoms with E-state index >= 15 is 0 Å². The first kappa shape index (κ1) is 9.62. The van der Waals surface area contributed by atoms with Gasteiger partial charge in [0.1, 0.15) is 11.6 Å². The molecule has 3 heteroatoms. The third kappa shape index (κ3) is 3.35. The fourth-order valence-corrected chi connectivity index (χ4v) is 0.541. The quantitative estimate of drug-likeness (QED) is 0.626. The van der Waals surface area contributed by atoms with Crippen LogP contribution in [0.15, 0.2) is 31.5 Å². The second-order valence-corrected chi connectivity index (χ2v) is 1.61. The Kier molecular flexibility index (Phi) is 4.73. The summed E-state index contributed by atoms with van der Waals surface area (Å²) in [6, 6.07) is 2.64. The molecule has 11 heavy (non-hydrogen) atoms. The molecule has 0 saturated carbocycles. The minimum Gasteiger partial charge on any atom is -0.373 e. The molecule has 60 valence electrons. The van der Waals surface area contributed by atoms with Gasteiger partial charge in [0.05, 0.1) is 0 Å². The average Bonchev–Trinajstić information content (AvgIpc) is 2.08. The molecule has 0 aromatic carbocycles. The van der Waals surface area contributed by atoms with Gasteiger partial charge in [0, 0.05) is 19.3 Å². The Morgan fingerprint density at radius 1 is 1.55 bits per heavy atom. The first-order valence-corrected chi connectivity index (χ1v) is 3.12. The van der Waals surface area contributed by atoms with Crippen LogP contribution in [-0.4, -0.2) is 12.0 Å². The molecular weight excluding hydrogens is 143 g/mol. The largest absolute Gasteiger partial charge is 0.373 e. The van der Waals surface area contributed by atoms with Crippen LogP contribution in [0.2, 0.25) is 0 Å². The van der Waals surface area contributed by atoms with Crippen molar-refractivity contribution in [2.45, 2.75) is 0 Å². The molecule has 0 aliphatic heterocycles. The lowest BCUT2D eigenvalue weighted by Gasteiger charge is -1.94. The summed E-state index contributed by atoms with van der Waals surface area (Å²) in [5.41, 5.74) is 0. The van der Waals surface area contributed by atoms with Gasteiger partial charge in [0.2, 0.25) is 0 Å². The summed E-state index contributed by atoms with van der Waals surface area (Å²) in [5, 5.41) is 2.72. The van der Waals surface area contributed by atoms with E-state index in [0.29, 0.717) is 5.82 Å². The van der Waals surface area contributed by atoms with E-state index in [1.165, 1.54) is 18.3 Å². The molecule has 1 N–H and O–H groups in total. The van der Waals surface area contributed by atoms with Crippen LogP contribution in [0.25, 0.3) is 0 Å². The molecule has 0 fully saturated rings. The monoisotopic (exact) mass is 154 g/mol. The van der Waals surface area contributed by atoms with E-state index in [4.69, 9.17) is 0 Å². The second kappa shape index (κ2) is 5.41. The van der Waals surface area contributed by atoms with Crippen molar-refractivity contribution in [2.24, 2.45) is 0 Å². The molecule has 0 spiro atoms. The Balaban J connectivity index is 0.000000461. The Hall–Kier alpha value is -1.38. The smallest absolute Gasteiger partial charge is 0.128 e. The molecule has 0 bridgehead atoms. The highest BCUT2D eigenvalue weighted by molar-refractivity contribution is 5.32. The summed E-state index contributed by atoms with van der Waals surface area (Å²) in [6.45, 7) is 6.00. The zero-order valence-electron chi connectivity index (χ0n) is 6.47. The maximum Gasteiger partial charge on any atom is 0.128 e. The maximum atomic E-state index is 12.3. The Labute approximate surface area is 65.8 Å². The molecule has 1 aromatic rings. The van der Waals surface area contributed by atoms with Crippen molar-refractivity contribution in [3.63, 3.8) is 0 Å². The normalized spacial score (nSPS) is 7.82. The van der Waals surface area contributed by atoms with Crippen LogP contribution >= 0.6 is 0 Å². The SMILES string of the molecule is C=C.CNc1cc(F)ccn1. The Bertz CT molecular complexity index is 213. The predicted molar refractivity (Wildman–Crippen MR) is 45.0 cm³/mol. The Morgan fingerprint density at radius 2 is 2.18 bits per heavy atom. The number of rotatable bonds is 1. The molecule has 0 unspecified atom stereocenters. The van der Waals surface area contributed by atoms with Gasteiger partial charge in [-0.05, 0) is 6.07 Å². The van der Waals surface area contributed by atoms with Gasteiger partial charge in [-0.2, -0.15) is 0 Å². The first-order chi connectivity index (χ1) is 5.33. The molecule has 0 radical (unpaired) electrons. The fourth-order valence-electron chi connectivity index (χ4n) is 0.541. The number of hydrogen-bond donors (Lipinski definition) is 1. The van der Waals surface area contributed by atoms with Crippen molar-refractivity contribution in [1.82, 2.24) is 4.98 Å². The topological polar surface area (TPSA) is 24.9 Å². The van der Waals surface area contributed by atoms with E-state index in [1.54, 1.807) is 7.05 Å². The minimum atomic E-state index is -0.269. The fraction of sp³-hybridized carbons (Fsp3) is 0.125. The van der Waals surface area contributed by atoms with Crippen LogP contribution in [0.5, 0.6) is 0 Å². The van der Waals surface area contributed by atoms with Gasteiger partial charge in [-0.15, -0.1) is 13.2 Å². The van der Waals surface area contributed by atoms with Crippen LogP contribution < -0.4 is 5.32 Å². The van der Waals surface area contributed by atoms with Gasteiger partial charge in [-0.25, -0.2) is 9.37 Å². The van der Waals surface area contributed by atoms with Crippen molar-refractivity contribution < 1.29 is 4.39 Å². The van der Waals surface area contributed by atoms with E-state index in [1.807, 2.05) is 0 Å². The zero-order valence-corrected chi connectivity index (χ0v) is 6.47. The maximum absolute atomic E-state index is 12.3. The highest BCUT2D eigenvalue weighted by Crippen LogP contribution is 2.02. The number of aromatic nitrogens is 1. The number of anilines is 1.